The van der Waals surface area contributed by atoms with Crippen LogP contribution in [-0.2, 0) is 13.1 Å². The van der Waals surface area contributed by atoms with E-state index in [-0.39, 0.29) is 5.69 Å². The molecule has 0 aliphatic heterocycles. The van der Waals surface area contributed by atoms with Crippen molar-refractivity contribution < 1.29 is 0 Å². The highest BCUT2D eigenvalue weighted by Crippen LogP contribution is 2.10. The summed E-state index contributed by atoms with van der Waals surface area (Å²) in [7, 11) is 0. The summed E-state index contributed by atoms with van der Waals surface area (Å²) in [6.07, 6.45) is 3.63. The predicted octanol–water partition coefficient (Wildman–Crippen LogP) is 1.76. The van der Waals surface area contributed by atoms with Gasteiger partial charge in [0.1, 0.15) is 0 Å². The molecule has 0 saturated heterocycles. The first-order valence-electron chi connectivity index (χ1n) is 7.59. The van der Waals surface area contributed by atoms with Crippen LogP contribution < -0.4 is 16.3 Å². The summed E-state index contributed by atoms with van der Waals surface area (Å²) in [5, 5.41) is 6.51. The number of aromatic nitrogens is 4. The van der Waals surface area contributed by atoms with E-state index < -0.39 is 0 Å². The second-order valence-corrected chi connectivity index (χ2v) is 5.78. The van der Waals surface area contributed by atoms with Gasteiger partial charge in [-0.2, -0.15) is 0 Å². The zero-order valence-electron chi connectivity index (χ0n) is 13.2. The molecule has 2 aromatic heterocycles. The fraction of sp³-hybridized carbons (Fsp3) is 0.312. The molecule has 0 fully saturated rings. The van der Waals surface area contributed by atoms with Gasteiger partial charge in [0.25, 0.3) is 0 Å². The van der Waals surface area contributed by atoms with Gasteiger partial charge in [-0.3, -0.25) is 0 Å². The molecule has 120 valence electrons. The maximum atomic E-state index is 11.2. The van der Waals surface area contributed by atoms with Crippen LogP contribution in [0.4, 0.5) is 5.95 Å². The van der Waals surface area contributed by atoms with Crippen LogP contribution in [0.25, 0.3) is 11.0 Å². The van der Waals surface area contributed by atoms with Crippen LogP contribution in [0.3, 0.4) is 0 Å². The van der Waals surface area contributed by atoms with E-state index >= 15 is 0 Å². The van der Waals surface area contributed by atoms with Gasteiger partial charge in [-0.1, -0.05) is 6.07 Å². The molecule has 3 aromatic rings. The van der Waals surface area contributed by atoms with E-state index in [2.05, 4.69) is 30.6 Å². The van der Waals surface area contributed by atoms with Crippen LogP contribution in [-0.4, -0.2) is 26.0 Å². The molecular weight excluding hydrogens is 292 g/mol. The van der Waals surface area contributed by atoms with Gasteiger partial charge in [-0.25, -0.2) is 14.8 Å². The number of nitrogens with one attached hydrogen (secondary N) is 4. The summed E-state index contributed by atoms with van der Waals surface area (Å²) in [4.78, 5) is 25.3. The van der Waals surface area contributed by atoms with Gasteiger partial charge in [0.2, 0.25) is 5.95 Å². The number of hydrogen-bond acceptors (Lipinski definition) is 5. The molecule has 0 amide bonds. The summed E-state index contributed by atoms with van der Waals surface area (Å²) < 4.78 is 0. The summed E-state index contributed by atoms with van der Waals surface area (Å²) in [5.41, 5.74) is 3.58. The quantitative estimate of drug-likeness (QED) is 0.556. The minimum absolute atomic E-state index is 0.183. The second-order valence-electron chi connectivity index (χ2n) is 5.78. The van der Waals surface area contributed by atoms with Crippen LogP contribution in [0.2, 0.25) is 0 Å². The van der Waals surface area contributed by atoms with E-state index in [1.807, 2.05) is 44.4 Å². The normalized spacial score (nSPS) is 11.3. The molecule has 23 heavy (non-hydrogen) atoms. The standard InChI is InChI=1S/C16H20N6O/c1-10(2)20-15-18-8-12(9-19-15)7-17-6-11-3-4-13-14(5-11)22-16(23)21-13/h3-5,8-10,17H,6-7H2,1-2H3,(H,18,19,20)(H2,21,22,23). The Kier molecular flexibility index (Phi) is 4.38. The van der Waals surface area contributed by atoms with Crippen LogP contribution >= 0.6 is 0 Å². The lowest BCUT2D eigenvalue weighted by molar-refractivity contribution is 0.689. The Labute approximate surface area is 133 Å². The molecule has 2 heterocycles. The van der Waals surface area contributed by atoms with Crippen molar-refractivity contribution in [3.8, 4) is 0 Å². The van der Waals surface area contributed by atoms with Gasteiger partial charge in [-0.15, -0.1) is 0 Å². The topological polar surface area (TPSA) is 98.5 Å². The average molecular weight is 312 g/mol. The zero-order chi connectivity index (χ0) is 16.2. The van der Waals surface area contributed by atoms with Crippen molar-refractivity contribution in [2.24, 2.45) is 0 Å². The molecule has 3 rings (SSSR count). The van der Waals surface area contributed by atoms with Gasteiger partial charge in [0.15, 0.2) is 0 Å². The van der Waals surface area contributed by atoms with Crippen molar-refractivity contribution in [1.82, 2.24) is 25.3 Å². The zero-order valence-corrected chi connectivity index (χ0v) is 13.2. The maximum Gasteiger partial charge on any atom is 0.323 e. The lowest BCUT2D eigenvalue weighted by Gasteiger charge is -2.08. The molecule has 0 aliphatic rings. The highest BCUT2D eigenvalue weighted by Gasteiger charge is 2.02. The van der Waals surface area contributed by atoms with E-state index in [9.17, 15) is 4.79 Å². The first-order valence-corrected chi connectivity index (χ1v) is 7.59. The third kappa shape index (κ3) is 3.95. The minimum atomic E-state index is -0.183. The minimum Gasteiger partial charge on any atom is -0.352 e. The SMILES string of the molecule is CC(C)Nc1ncc(CNCc2ccc3[nH]c(=O)[nH]c3c2)cn1. The monoisotopic (exact) mass is 312 g/mol. The molecule has 0 unspecified atom stereocenters. The Hall–Kier alpha value is -2.67. The molecule has 0 bridgehead atoms. The van der Waals surface area contributed by atoms with Crippen molar-refractivity contribution in [3.05, 3.63) is 52.2 Å². The smallest absolute Gasteiger partial charge is 0.323 e. The van der Waals surface area contributed by atoms with E-state index in [1.54, 1.807) is 0 Å². The van der Waals surface area contributed by atoms with Crippen LogP contribution in [0.5, 0.6) is 0 Å². The summed E-state index contributed by atoms with van der Waals surface area (Å²) in [5.74, 6) is 0.644. The van der Waals surface area contributed by atoms with E-state index in [1.165, 1.54) is 0 Å². The molecule has 0 radical (unpaired) electrons. The Morgan fingerprint density at radius 3 is 2.48 bits per heavy atom. The Balaban J connectivity index is 1.56. The Morgan fingerprint density at radius 1 is 1.04 bits per heavy atom. The number of hydrogen-bond donors (Lipinski definition) is 4. The van der Waals surface area contributed by atoms with E-state index in [0.717, 1.165) is 22.2 Å². The van der Waals surface area contributed by atoms with Crippen LogP contribution in [0.1, 0.15) is 25.0 Å². The number of imidazole rings is 1. The third-order valence-corrected chi connectivity index (χ3v) is 3.36. The summed E-state index contributed by atoms with van der Waals surface area (Å²) >= 11 is 0. The fourth-order valence-corrected chi connectivity index (χ4v) is 2.32. The molecule has 7 heteroatoms. The van der Waals surface area contributed by atoms with Gasteiger partial charge in [-0.05, 0) is 31.5 Å². The molecule has 0 atom stereocenters. The number of rotatable bonds is 6. The molecule has 1 aromatic carbocycles. The van der Waals surface area contributed by atoms with E-state index in [4.69, 9.17) is 0 Å². The first kappa shape index (κ1) is 15.2. The Bertz CT molecular complexity index is 834. The van der Waals surface area contributed by atoms with Gasteiger partial charge in [0.05, 0.1) is 11.0 Å². The third-order valence-electron chi connectivity index (χ3n) is 3.36. The Morgan fingerprint density at radius 2 is 1.74 bits per heavy atom. The van der Waals surface area contributed by atoms with Crippen LogP contribution in [0, 0.1) is 0 Å². The van der Waals surface area contributed by atoms with Crippen molar-refractivity contribution in [1.29, 1.82) is 0 Å². The lowest BCUT2D eigenvalue weighted by Crippen LogP contribution is -2.15. The largest absolute Gasteiger partial charge is 0.352 e. The molecule has 7 nitrogen and oxygen atoms in total. The number of benzene rings is 1. The molecule has 0 saturated carbocycles. The molecule has 0 spiro atoms. The van der Waals surface area contributed by atoms with Crippen molar-refractivity contribution in [2.75, 3.05) is 5.32 Å². The second kappa shape index (κ2) is 6.62. The number of H-pyrrole nitrogens is 2. The highest BCUT2D eigenvalue weighted by atomic mass is 16.1. The molecule has 4 N–H and O–H groups in total. The van der Waals surface area contributed by atoms with Gasteiger partial charge >= 0.3 is 5.69 Å². The number of fused-ring (bicyclic) bond motifs is 1. The maximum absolute atomic E-state index is 11.2. The van der Waals surface area contributed by atoms with E-state index in [0.29, 0.717) is 25.1 Å². The van der Waals surface area contributed by atoms with Gasteiger partial charge < -0.3 is 20.6 Å². The predicted molar refractivity (Wildman–Crippen MR) is 90.3 cm³/mol. The first-order chi connectivity index (χ1) is 11.1. The fourth-order valence-electron chi connectivity index (χ4n) is 2.32. The van der Waals surface area contributed by atoms with Crippen molar-refractivity contribution >= 4 is 17.0 Å². The number of nitrogens with zero attached hydrogens (tertiary/aromatic N) is 2. The van der Waals surface area contributed by atoms with Gasteiger partial charge in [0, 0.05) is 37.1 Å². The number of anilines is 1. The van der Waals surface area contributed by atoms with Crippen LogP contribution in [0.15, 0.2) is 35.4 Å². The summed E-state index contributed by atoms with van der Waals surface area (Å²) in [6.45, 7) is 5.49. The average Bonchev–Trinajstić information content (AvgIpc) is 2.88. The van der Waals surface area contributed by atoms with Crippen molar-refractivity contribution in [2.45, 2.75) is 33.0 Å². The molecule has 0 aliphatic carbocycles. The summed E-state index contributed by atoms with van der Waals surface area (Å²) in [6, 6.07) is 6.17. The molecular formula is C16H20N6O. The van der Waals surface area contributed by atoms with Crippen molar-refractivity contribution in [3.63, 3.8) is 0 Å². The number of aromatic amines is 2. The highest BCUT2D eigenvalue weighted by molar-refractivity contribution is 5.74. The lowest BCUT2D eigenvalue weighted by atomic mass is 10.2.